The third-order valence-corrected chi connectivity index (χ3v) is 2.88. The minimum Gasteiger partial charge on any atom is -0.497 e. The van der Waals surface area contributed by atoms with Gasteiger partial charge in [-0.05, 0) is 31.5 Å². The molecule has 84 valence electrons. The van der Waals surface area contributed by atoms with Crippen LogP contribution in [-0.4, -0.2) is 16.7 Å². The Morgan fingerprint density at radius 3 is 2.44 bits per heavy atom. The summed E-state index contributed by atoms with van der Waals surface area (Å²) in [5.41, 5.74) is 1.25. The summed E-state index contributed by atoms with van der Waals surface area (Å²) in [7, 11) is 1.68. The van der Waals surface area contributed by atoms with Crippen molar-refractivity contribution in [2.45, 2.75) is 19.9 Å². The van der Waals surface area contributed by atoms with Crippen molar-refractivity contribution < 1.29 is 4.74 Å². The highest BCUT2D eigenvalue weighted by molar-refractivity contribution is 5.29. The average molecular weight is 216 g/mol. The van der Waals surface area contributed by atoms with Gasteiger partial charge in [0, 0.05) is 12.4 Å². The first-order valence-electron chi connectivity index (χ1n) is 5.35. The van der Waals surface area contributed by atoms with Crippen LogP contribution in [0.1, 0.15) is 24.4 Å². The Morgan fingerprint density at radius 1 is 1.25 bits per heavy atom. The van der Waals surface area contributed by atoms with Gasteiger partial charge in [-0.1, -0.05) is 12.1 Å². The molecule has 2 aromatic rings. The maximum absolute atomic E-state index is 5.14. The van der Waals surface area contributed by atoms with E-state index in [9.17, 15) is 0 Å². The van der Waals surface area contributed by atoms with E-state index < -0.39 is 0 Å². The molecule has 1 atom stereocenters. The van der Waals surface area contributed by atoms with E-state index >= 15 is 0 Å². The molecule has 3 nitrogen and oxygen atoms in total. The van der Waals surface area contributed by atoms with E-state index in [1.165, 1.54) is 5.56 Å². The Morgan fingerprint density at radius 2 is 1.94 bits per heavy atom. The zero-order chi connectivity index (χ0) is 11.5. The number of imidazole rings is 1. The van der Waals surface area contributed by atoms with Gasteiger partial charge in [0.2, 0.25) is 0 Å². The second kappa shape index (κ2) is 4.39. The fourth-order valence-corrected chi connectivity index (χ4v) is 1.84. The number of hydrogen-bond acceptors (Lipinski definition) is 2. The van der Waals surface area contributed by atoms with E-state index in [-0.39, 0.29) is 0 Å². The maximum Gasteiger partial charge on any atom is 0.118 e. The van der Waals surface area contributed by atoms with Crippen LogP contribution in [0.15, 0.2) is 36.7 Å². The van der Waals surface area contributed by atoms with Crippen molar-refractivity contribution in [3.63, 3.8) is 0 Å². The van der Waals surface area contributed by atoms with E-state index in [1.807, 2.05) is 31.5 Å². The van der Waals surface area contributed by atoms with Crippen molar-refractivity contribution in [1.82, 2.24) is 9.55 Å². The molecule has 1 aromatic heterocycles. The van der Waals surface area contributed by atoms with Gasteiger partial charge in [-0.2, -0.15) is 0 Å². The van der Waals surface area contributed by atoms with Gasteiger partial charge in [0.1, 0.15) is 11.6 Å². The lowest BCUT2D eigenvalue weighted by atomic mass is 10.1. The molecule has 0 saturated carbocycles. The quantitative estimate of drug-likeness (QED) is 0.788. The van der Waals surface area contributed by atoms with Gasteiger partial charge in [-0.3, -0.25) is 0 Å². The Balaban J connectivity index is 2.27. The van der Waals surface area contributed by atoms with Gasteiger partial charge in [-0.15, -0.1) is 0 Å². The molecule has 1 aromatic carbocycles. The molecule has 0 fully saturated rings. The number of benzene rings is 1. The molecular weight excluding hydrogens is 200 g/mol. The van der Waals surface area contributed by atoms with Crippen LogP contribution in [0.4, 0.5) is 0 Å². The molecular formula is C13H16N2O. The molecule has 0 bridgehead atoms. The first kappa shape index (κ1) is 10.7. The Labute approximate surface area is 95.7 Å². The summed E-state index contributed by atoms with van der Waals surface area (Å²) in [6.07, 6.45) is 3.83. The summed E-state index contributed by atoms with van der Waals surface area (Å²) in [5, 5.41) is 0. The van der Waals surface area contributed by atoms with Crippen LogP contribution < -0.4 is 4.74 Å². The number of aromatic nitrogens is 2. The molecule has 1 unspecified atom stereocenters. The lowest BCUT2D eigenvalue weighted by Gasteiger charge is -2.15. The molecule has 1 heterocycles. The van der Waals surface area contributed by atoms with Crippen molar-refractivity contribution in [2.75, 3.05) is 7.11 Å². The third-order valence-electron chi connectivity index (χ3n) is 2.88. The Hall–Kier alpha value is -1.77. The van der Waals surface area contributed by atoms with Gasteiger partial charge in [-0.25, -0.2) is 4.98 Å². The number of rotatable bonds is 3. The maximum atomic E-state index is 5.14. The summed E-state index contributed by atoms with van der Waals surface area (Å²) in [6, 6.07) is 8.44. The molecule has 0 spiro atoms. The van der Waals surface area contributed by atoms with Crippen molar-refractivity contribution in [3.05, 3.63) is 48.0 Å². The van der Waals surface area contributed by atoms with Crippen molar-refractivity contribution in [2.24, 2.45) is 0 Å². The van der Waals surface area contributed by atoms with Gasteiger partial charge < -0.3 is 9.30 Å². The molecule has 0 N–H and O–H groups in total. The second-order valence-corrected chi connectivity index (χ2v) is 3.83. The van der Waals surface area contributed by atoms with Crippen LogP contribution in [-0.2, 0) is 0 Å². The molecule has 16 heavy (non-hydrogen) atoms. The lowest BCUT2D eigenvalue weighted by molar-refractivity contribution is 0.414. The fraction of sp³-hybridized carbons (Fsp3) is 0.308. The number of ether oxygens (including phenoxy) is 1. The number of nitrogens with zero attached hydrogens (tertiary/aromatic N) is 2. The van der Waals surface area contributed by atoms with E-state index in [2.05, 4.69) is 28.6 Å². The van der Waals surface area contributed by atoms with Crippen LogP contribution in [0.5, 0.6) is 5.75 Å². The highest BCUT2D eigenvalue weighted by atomic mass is 16.5. The third kappa shape index (κ3) is 1.94. The minimum absolute atomic E-state index is 0.299. The van der Waals surface area contributed by atoms with Crippen LogP contribution in [0.3, 0.4) is 0 Å². The topological polar surface area (TPSA) is 27.1 Å². The molecule has 0 saturated heterocycles. The van der Waals surface area contributed by atoms with Crippen LogP contribution in [0.2, 0.25) is 0 Å². The van der Waals surface area contributed by atoms with E-state index in [0.29, 0.717) is 6.04 Å². The fourth-order valence-electron chi connectivity index (χ4n) is 1.84. The molecule has 0 aliphatic rings. The SMILES string of the molecule is COc1ccc(C(C)n2ccnc2C)cc1. The lowest BCUT2D eigenvalue weighted by Crippen LogP contribution is -2.07. The molecule has 0 aliphatic heterocycles. The smallest absolute Gasteiger partial charge is 0.118 e. The number of aryl methyl sites for hydroxylation is 1. The van der Waals surface area contributed by atoms with Crippen molar-refractivity contribution in [3.8, 4) is 5.75 Å². The van der Waals surface area contributed by atoms with Crippen molar-refractivity contribution >= 4 is 0 Å². The average Bonchev–Trinajstić information content (AvgIpc) is 2.75. The second-order valence-electron chi connectivity index (χ2n) is 3.83. The van der Waals surface area contributed by atoms with E-state index in [1.54, 1.807) is 7.11 Å². The highest BCUT2D eigenvalue weighted by Gasteiger charge is 2.09. The largest absolute Gasteiger partial charge is 0.497 e. The van der Waals surface area contributed by atoms with Gasteiger partial charge >= 0.3 is 0 Å². The molecule has 3 heteroatoms. The summed E-state index contributed by atoms with van der Waals surface area (Å²) in [5.74, 6) is 1.92. The molecule has 2 rings (SSSR count). The van der Waals surface area contributed by atoms with Gasteiger partial charge in [0.15, 0.2) is 0 Å². The molecule has 0 radical (unpaired) electrons. The van der Waals surface area contributed by atoms with Crippen LogP contribution >= 0.6 is 0 Å². The predicted molar refractivity (Wildman–Crippen MR) is 63.8 cm³/mol. The van der Waals surface area contributed by atoms with Crippen LogP contribution in [0, 0.1) is 6.92 Å². The standard InChI is InChI=1S/C13H16N2O/c1-10(15-9-8-14-11(15)2)12-4-6-13(16-3)7-5-12/h4-10H,1-3H3. The van der Waals surface area contributed by atoms with E-state index in [4.69, 9.17) is 4.74 Å². The summed E-state index contributed by atoms with van der Waals surface area (Å²) < 4.78 is 7.30. The summed E-state index contributed by atoms with van der Waals surface area (Å²) in [6.45, 7) is 4.18. The normalized spacial score (nSPS) is 12.4. The van der Waals surface area contributed by atoms with Crippen molar-refractivity contribution in [1.29, 1.82) is 0 Å². The Kier molecular flexibility index (Phi) is 2.95. The van der Waals surface area contributed by atoms with Crippen LogP contribution in [0.25, 0.3) is 0 Å². The van der Waals surface area contributed by atoms with Gasteiger partial charge in [0.25, 0.3) is 0 Å². The zero-order valence-corrected chi connectivity index (χ0v) is 9.84. The van der Waals surface area contributed by atoms with Gasteiger partial charge in [0.05, 0.1) is 13.2 Å². The predicted octanol–water partition coefficient (Wildman–Crippen LogP) is 2.81. The molecule has 0 amide bonds. The summed E-state index contributed by atoms with van der Waals surface area (Å²) >= 11 is 0. The first-order chi connectivity index (χ1) is 7.72. The van der Waals surface area contributed by atoms with E-state index in [0.717, 1.165) is 11.6 Å². The summed E-state index contributed by atoms with van der Waals surface area (Å²) in [4.78, 5) is 4.24. The minimum atomic E-state index is 0.299. The molecule has 0 aliphatic carbocycles. The number of methoxy groups -OCH3 is 1. The first-order valence-corrected chi connectivity index (χ1v) is 5.35. The monoisotopic (exact) mass is 216 g/mol. The number of hydrogen-bond donors (Lipinski definition) is 0. The highest BCUT2D eigenvalue weighted by Crippen LogP contribution is 2.21. The Bertz CT molecular complexity index is 459. The zero-order valence-electron chi connectivity index (χ0n) is 9.84.